The Kier molecular flexibility index (Phi) is 4.79. The summed E-state index contributed by atoms with van der Waals surface area (Å²) in [5.74, 6) is 2.93. The third-order valence-corrected chi connectivity index (χ3v) is 3.13. The highest BCUT2D eigenvalue weighted by molar-refractivity contribution is 9.10. The van der Waals surface area contributed by atoms with Crippen LogP contribution in [0.15, 0.2) is 28.9 Å². The van der Waals surface area contributed by atoms with Crippen molar-refractivity contribution in [2.75, 3.05) is 19.5 Å². The van der Waals surface area contributed by atoms with E-state index >= 15 is 0 Å². The monoisotopic (exact) mass is 337 g/mol. The Labute approximate surface area is 126 Å². The summed E-state index contributed by atoms with van der Waals surface area (Å²) in [6, 6.07) is 7.65. The molecule has 6 heteroatoms. The summed E-state index contributed by atoms with van der Waals surface area (Å²) in [7, 11) is 3.25. The number of hydrogen-bond acceptors (Lipinski definition) is 5. The van der Waals surface area contributed by atoms with Gasteiger partial charge in [-0.15, -0.1) is 0 Å². The molecule has 0 spiro atoms. The Balaban J connectivity index is 2.10. The van der Waals surface area contributed by atoms with Crippen LogP contribution in [0, 0.1) is 6.92 Å². The van der Waals surface area contributed by atoms with E-state index in [9.17, 15) is 0 Å². The highest BCUT2D eigenvalue weighted by Crippen LogP contribution is 2.27. The first-order chi connectivity index (χ1) is 9.62. The fourth-order valence-electron chi connectivity index (χ4n) is 1.81. The van der Waals surface area contributed by atoms with Gasteiger partial charge >= 0.3 is 0 Å². The van der Waals surface area contributed by atoms with Crippen molar-refractivity contribution in [3.8, 4) is 11.5 Å². The number of rotatable bonds is 5. The standard InChI is InChI=1S/C14H16BrN3O2/c1-9-17-13(15)7-14(18-9)16-8-10-4-5-11(19-2)12(6-10)20-3/h4-7H,8H2,1-3H3,(H,16,17,18). The SMILES string of the molecule is COc1ccc(CNc2cc(Br)nc(C)n2)cc1OC. The van der Waals surface area contributed by atoms with Crippen molar-refractivity contribution in [1.29, 1.82) is 0 Å². The van der Waals surface area contributed by atoms with E-state index in [1.54, 1.807) is 14.2 Å². The van der Waals surface area contributed by atoms with Crippen molar-refractivity contribution in [2.45, 2.75) is 13.5 Å². The van der Waals surface area contributed by atoms with Gasteiger partial charge in [0.05, 0.1) is 14.2 Å². The molecule has 1 aromatic heterocycles. The molecule has 1 N–H and O–H groups in total. The number of methoxy groups -OCH3 is 2. The van der Waals surface area contributed by atoms with Crippen LogP contribution in [-0.4, -0.2) is 24.2 Å². The first kappa shape index (κ1) is 14.6. The van der Waals surface area contributed by atoms with E-state index in [-0.39, 0.29) is 0 Å². The van der Waals surface area contributed by atoms with Gasteiger partial charge in [0.25, 0.3) is 0 Å². The Hall–Kier alpha value is -1.82. The summed E-state index contributed by atoms with van der Waals surface area (Å²) in [4.78, 5) is 8.49. The zero-order valence-electron chi connectivity index (χ0n) is 11.6. The van der Waals surface area contributed by atoms with Gasteiger partial charge in [-0.05, 0) is 40.5 Å². The Morgan fingerprint density at radius 3 is 2.50 bits per heavy atom. The Bertz CT molecular complexity index is 585. The summed E-state index contributed by atoms with van der Waals surface area (Å²) in [5, 5.41) is 3.25. The van der Waals surface area contributed by atoms with Crippen molar-refractivity contribution in [3.63, 3.8) is 0 Å². The van der Waals surface area contributed by atoms with Crippen molar-refractivity contribution in [1.82, 2.24) is 9.97 Å². The lowest BCUT2D eigenvalue weighted by Crippen LogP contribution is -2.03. The van der Waals surface area contributed by atoms with Crippen molar-refractivity contribution in [2.24, 2.45) is 0 Å². The summed E-state index contributed by atoms with van der Waals surface area (Å²) < 4.78 is 11.3. The number of nitrogens with zero attached hydrogens (tertiary/aromatic N) is 2. The van der Waals surface area contributed by atoms with E-state index in [0.717, 1.165) is 21.7 Å². The number of halogens is 1. The van der Waals surface area contributed by atoms with Crippen LogP contribution in [-0.2, 0) is 6.54 Å². The quantitative estimate of drug-likeness (QED) is 0.849. The lowest BCUT2D eigenvalue weighted by molar-refractivity contribution is 0.354. The highest BCUT2D eigenvalue weighted by atomic mass is 79.9. The molecule has 1 heterocycles. The summed E-state index contributed by atoms with van der Waals surface area (Å²) >= 11 is 3.35. The first-order valence-electron chi connectivity index (χ1n) is 6.08. The molecule has 0 unspecified atom stereocenters. The van der Waals surface area contributed by atoms with Gasteiger partial charge in [0, 0.05) is 12.6 Å². The number of benzene rings is 1. The van der Waals surface area contributed by atoms with Gasteiger partial charge in [-0.25, -0.2) is 9.97 Å². The molecule has 0 fully saturated rings. The molecule has 0 aliphatic carbocycles. The maximum Gasteiger partial charge on any atom is 0.161 e. The maximum atomic E-state index is 5.28. The van der Waals surface area contributed by atoms with Gasteiger partial charge < -0.3 is 14.8 Å². The molecule has 106 valence electrons. The molecule has 0 saturated carbocycles. The van der Waals surface area contributed by atoms with E-state index in [1.165, 1.54) is 0 Å². The zero-order valence-corrected chi connectivity index (χ0v) is 13.2. The largest absolute Gasteiger partial charge is 0.493 e. The molecule has 2 rings (SSSR count). The lowest BCUT2D eigenvalue weighted by Gasteiger charge is -2.11. The smallest absolute Gasteiger partial charge is 0.161 e. The van der Waals surface area contributed by atoms with Gasteiger partial charge in [-0.3, -0.25) is 0 Å². The van der Waals surface area contributed by atoms with Gasteiger partial charge in [0.15, 0.2) is 11.5 Å². The highest BCUT2D eigenvalue weighted by Gasteiger charge is 2.05. The molecule has 0 amide bonds. The zero-order chi connectivity index (χ0) is 14.5. The molecule has 0 bridgehead atoms. The molecule has 1 aromatic carbocycles. The summed E-state index contributed by atoms with van der Waals surface area (Å²) in [6.07, 6.45) is 0. The van der Waals surface area contributed by atoms with E-state index in [4.69, 9.17) is 9.47 Å². The number of aryl methyl sites for hydroxylation is 1. The fourth-order valence-corrected chi connectivity index (χ4v) is 2.28. The molecular weight excluding hydrogens is 322 g/mol. The molecular formula is C14H16BrN3O2. The van der Waals surface area contributed by atoms with Crippen LogP contribution in [0.25, 0.3) is 0 Å². The summed E-state index contributed by atoms with van der Waals surface area (Å²) in [5.41, 5.74) is 1.08. The van der Waals surface area contributed by atoms with Crippen molar-refractivity contribution < 1.29 is 9.47 Å². The van der Waals surface area contributed by atoms with Crippen LogP contribution in [0.2, 0.25) is 0 Å². The molecule has 0 radical (unpaired) electrons. The van der Waals surface area contributed by atoms with Crippen LogP contribution in [0.5, 0.6) is 11.5 Å². The molecule has 0 aliphatic heterocycles. The van der Waals surface area contributed by atoms with Crippen LogP contribution >= 0.6 is 15.9 Å². The normalized spacial score (nSPS) is 10.2. The predicted octanol–water partition coefficient (Wildman–Crippen LogP) is 3.18. The third-order valence-electron chi connectivity index (χ3n) is 2.73. The molecule has 2 aromatic rings. The average molecular weight is 338 g/mol. The molecule has 20 heavy (non-hydrogen) atoms. The minimum Gasteiger partial charge on any atom is -0.493 e. The van der Waals surface area contributed by atoms with Crippen LogP contribution in [0.3, 0.4) is 0 Å². The van der Waals surface area contributed by atoms with E-state index < -0.39 is 0 Å². The molecule has 0 atom stereocenters. The number of hydrogen-bond donors (Lipinski definition) is 1. The van der Waals surface area contributed by atoms with Crippen LogP contribution in [0.4, 0.5) is 5.82 Å². The van der Waals surface area contributed by atoms with E-state index in [2.05, 4.69) is 31.2 Å². The van der Waals surface area contributed by atoms with E-state index in [0.29, 0.717) is 18.1 Å². The van der Waals surface area contributed by atoms with Gasteiger partial charge in [-0.1, -0.05) is 6.07 Å². The number of aromatic nitrogens is 2. The lowest BCUT2D eigenvalue weighted by atomic mass is 10.2. The average Bonchev–Trinajstić information content (AvgIpc) is 2.43. The minimum atomic E-state index is 0.642. The maximum absolute atomic E-state index is 5.28. The summed E-state index contributed by atoms with van der Waals surface area (Å²) in [6.45, 7) is 2.50. The van der Waals surface area contributed by atoms with Gasteiger partial charge in [0.2, 0.25) is 0 Å². The topological polar surface area (TPSA) is 56.3 Å². The van der Waals surface area contributed by atoms with Gasteiger partial charge in [-0.2, -0.15) is 0 Å². The second-order valence-electron chi connectivity index (χ2n) is 4.17. The number of anilines is 1. The van der Waals surface area contributed by atoms with Crippen molar-refractivity contribution in [3.05, 3.63) is 40.3 Å². The van der Waals surface area contributed by atoms with Gasteiger partial charge in [0.1, 0.15) is 16.2 Å². The molecule has 0 saturated heterocycles. The van der Waals surface area contributed by atoms with Crippen LogP contribution < -0.4 is 14.8 Å². The third kappa shape index (κ3) is 3.60. The van der Waals surface area contributed by atoms with Crippen molar-refractivity contribution >= 4 is 21.7 Å². The Morgan fingerprint density at radius 2 is 1.85 bits per heavy atom. The van der Waals surface area contributed by atoms with Crippen LogP contribution in [0.1, 0.15) is 11.4 Å². The second-order valence-corrected chi connectivity index (χ2v) is 4.98. The minimum absolute atomic E-state index is 0.642. The van der Waals surface area contributed by atoms with E-state index in [1.807, 2.05) is 31.2 Å². The first-order valence-corrected chi connectivity index (χ1v) is 6.87. The second kappa shape index (κ2) is 6.56. The number of nitrogens with one attached hydrogen (secondary N) is 1. The Morgan fingerprint density at radius 1 is 1.10 bits per heavy atom. The molecule has 0 aliphatic rings. The molecule has 5 nitrogen and oxygen atoms in total. The fraction of sp³-hybridized carbons (Fsp3) is 0.286. The predicted molar refractivity (Wildman–Crippen MR) is 81.3 cm³/mol. The number of ether oxygens (including phenoxy) is 2.